The van der Waals surface area contributed by atoms with Gasteiger partial charge >= 0.3 is 0 Å². The molecule has 1 aromatic heterocycles. The third-order valence-electron chi connectivity index (χ3n) is 3.25. The fourth-order valence-electron chi connectivity index (χ4n) is 2.15. The second-order valence-corrected chi connectivity index (χ2v) is 4.70. The summed E-state index contributed by atoms with van der Waals surface area (Å²) in [6.45, 7) is -0.0723. The molecule has 0 amide bonds. The number of benzene rings is 1. The average molecular weight is 330 g/mol. The minimum absolute atomic E-state index is 0.0723. The maximum absolute atomic E-state index is 13.8. The van der Waals surface area contributed by atoms with Gasteiger partial charge in [0.2, 0.25) is 11.6 Å². The number of anilines is 1. The molecule has 0 aliphatic carbocycles. The van der Waals surface area contributed by atoms with Crippen LogP contribution in [0.5, 0.6) is 11.5 Å². The maximum atomic E-state index is 13.8. The number of halogens is 4. The Kier molecular flexibility index (Phi) is 4.92. The van der Waals surface area contributed by atoms with Crippen molar-refractivity contribution in [3.05, 3.63) is 47.3 Å². The van der Waals surface area contributed by atoms with Crippen molar-refractivity contribution in [2.24, 2.45) is 0 Å². The number of ether oxygens (including phenoxy) is 2. The number of hydrogen-bond donors (Lipinski definition) is 0. The van der Waals surface area contributed by atoms with Gasteiger partial charge in [0, 0.05) is 19.2 Å². The first kappa shape index (κ1) is 16.9. The first-order chi connectivity index (χ1) is 10.9. The third kappa shape index (κ3) is 3.30. The largest absolute Gasteiger partial charge is 0.497 e. The Labute approximate surface area is 130 Å². The standard InChI is InChI=1S/C15H14F4N2O2/c1-21(13-11(16)14(18)20-15(19)12(13)17)7-8-6-9(22-2)4-5-10(8)23-3/h4-6H,7H2,1-3H3. The van der Waals surface area contributed by atoms with Crippen LogP contribution < -0.4 is 14.4 Å². The SMILES string of the molecule is COc1ccc(OC)c(CN(C)c2c(F)c(F)nc(F)c2F)c1. The Morgan fingerprint density at radius 3 is 2.13 bits per heavy atom. The molecule has 0 saturated heterocycles. The lowest BCUT2D eigenvalue weighted by Gasteiger charge is -2.22. The molecule has 0 aliphatic heterocycles. The van der Waals surface area contributed by atoms with E-state index >= 15 is 0 Å². The fraction of sp³-hybridized carbons (Fsp3) is 0.267. The summed E-state index contributed by atoms with van der Waals surface area (Å²) < 4.78 is 64.2. The van der Waals surface area contributed by atoms with Crippen molar-refractivity contribution in [1.82, 2.24) is 4.98 Å². The van der Waals surface area contributed by atoms with Crippen molar-refractivity contribution < 1.29 is 27.0 Å². The van der Waals surface area contributed by atoms with Gasteiger partial charge in [-0.25, -0.2) is 0 Å². The Bertz CT molecular complexity index is 699. The van der Waals surface area contributed by atoms with Crippen LogP contribution in [0.4, 0.5) is 23.2 Å². The first-order valence-corrected chi connectivity index (χ1v) is 6.51. The predicted molar refractivity (Wildman–Crippen MR) is 75.7 cm³/mol. The molecular formula is C15H14F4N2O2. The summed E-state index contributed by atoms with van der Waals surface area (Å²) in [5.41, 5.74) is -0.328. The molecule has 0 aliphatic rings. The van der Waals surface area contributed by atoms with Gasteiger partial charge in [-0.3, -0.25) is 0 Å². The van der Waals surface area contributed by atoms with Crippen molar-refractivity contribution >= 4 is 5.69 Å². The summed E-state index contributed by atoms with van der Waals surface area (Å²) in [6, 6.07) is 4.86. The van der Waals surface area contributed by atoms with Crippen LogP contribution in [0.2, 0.25) is 0 Å². The zero-order chi connectivity index (χ0) is 17.1. The van der Waals surface area contributed by atoms with Crippen molar-refractivity contribution in [2.45, 2.75) is 6.54 Å². The summed E-state index contributed by atoms with van der Waals surface area (Å²) in [5, 5.41) is 0. The lowest BCUT2D eigenvalue weighted by Crippen LogP contribution is -2.21. The molecule has 23 heavy (non-hydrogen) atoms. The summed E-state index contributed by atoms with van der Waals surface area (Å²) in [5.74, 6) is -5.59. The van der Waals surface area contributed by atoms with Crippen LogP contribution in [0.1, 0.15) is 5.56 Å². The number of hydrogen-bond acceptors (Lipinski definition) is 4. The van der Waals surface area contributed by atoms with Crippen LogP contribution in [-0.2, 0) is 6.54 Å². The molecule has 0 N–H and O–H groups in total. The van der Waals surface area contributed by atoms with Gasteiger partial charge in [0.05, 0.1) is 14.2 Å². The molecule has 0 spiro atoms. The Hall–Kier alpha value is -2.51. The van der Waals surface area contributed by atoms with Crippen molar-refractivity contribution in [2.75, 3.05) is 26.2 Å². The monoisotopic (exact) mass is 330 g/mol. The van der Waals surface area contributed by atoms with Crippen molar-refractivity contribution in [3.8, 4) is 11.5 Å². The Morgan fingerprint density at radius 2 is 1.61 bits per heavy atom. The van der Waals surface area contributed by atoms with Crippen LogP contribution >= 0.6 is 0 Å². The molecule has 0 atom stereocenters. The number of nitrogens with zero attached hydrogens (tertiary/aromatic N) is 2. The highest BCUT2D eigenvalue weighted by Gasteiger charge is 2.24. The van der Waals surface area contributed by atoms with Gasteiger partial charge in [-0.1, -0.05) is 0 Å². The van der Waals surface area contributed by atoms with E-state index < -0.39 is 29.2 Å². The number of pyridine rings is 1. The lowest BCUT2D eigenvalue weighted by atomic mass is 10.1. The van der Waals surface area contributed by atoms with Gasteiger partial charge in [0.1, 0.15) is 17.2 Å². The average Bonchev–Trinajstić information content (AvgIpc) is 2.53. The van der Waals surface area contributed by atoms with Crippen LogP contribution in [0.15, 0.2) is 18.2 Å². The van der Waals surface area contributed by atoms with E-state index in [-0.39, 0.29) is 6.54 Å². The summed E-state index contributed by atoms with van der Waals surface area (Å²) in [6.07, 6.45) is 0. The fourth-order valence-corrected chi connectivity index (χ4v) is 2.15. The molecule has 0 bridgehead atoms. The molecule has 0 saturated carbocycles. The maximum Gasteiger partial charge on any atom is 0.253 e. The smallest absolute Gasteiger partial charge is 0.253 e. The number of methoxy groups -OCH3 is 2. The van der Waals surface area contributed by atoms with Gasteiger partial charge in [0.25, 0.3) is 11.9 Å². The predicted octanol–water partition coefficient (Wildman–Crippen LogP) is 3.29. The van der Waals surface area contributed by atoms with Crippen molar-refractivity contribution in [3.63, 3.8) is 0 Å². The number of aromatic nitrogens is 1. The third-order valence-corrected chi connectivity index (χ3v) is 3.25. The molecule has 0 unspecified atom stereocenters. The molecule has 124 valence electrons. The van der Waals surface area contributed by atoms with E-state index in [0.29, 0.717) is 17.1 Å². The van der Waals surface area contributed by atoms with Gasteiger partial charge in [-0.2, -0.15) is 22.5 Å². The van der Waals surface area contributed by atoms with Crippen LogP contribution in [0, 0.1) is 23.5 Å². The highest BCUT2D eigenvalue weighted by molar-refractivity contribution is 5.50. The Balaban J connectivity index is 2.42. The van der Waals surface area contributed by atoms with Gasteiger partial charge < -0.3 is 14.4 Å². The summed E-state index contributed by atoms with van der Waals surface area (Å²) >= 11 is 0. The number of rotatable bonds is 5. The highest BCUT2D eigenvalue weighted by atomic mass is 19.2. The molecule has 2 aromatic rings. The van der Waals surface area contributed by atoms with Crippen LogP contribution in [0.25, 0.3) is 0 Å². The normalized spacial score (nSPS) is 10.6. The zero-order valence-corrected chi connectivity index (χ0v) is 12.7. The second-order valence-electron chi connectivity index (χ2n) is 4.70. The van der Waals surface area contributed by atoms with E-state index in [0.717, 1.165) is 4.90 Å². The molecule has 8 heteroatoms. The molecule has 0 radical (unpaired) electrons. The molecule has 2 rings (SSSR count). The second kappa shape index (κ2) is 6.72. The lowest BCUT2D eigenvalue weighted by molar-refractivity contribution is 0.396. The van der Waals surface area contributed by atoms with Gasteiger partial charge in [-0.15, -0.1) is 0 Å². The topological polar surface area (TPSA) is 34.6 Å². The molecule has 4 nitrogen and oxygen atoms in total. The van der Waals surface area contributed by atoms with E-state index in [1.165, 1.54) is 21.3 Å². The van der Waals surface area contributed by atoms with Crippen LogP contribution in [-0.4, -0.2) is 26.3 Å². The zero-order valence-electron chi connectivity index (χ0n) is 12.7. The van der Waals surface area contributed by atoms with E-state index in [1.54, 1.807) is 18.2 Å². The quantitative estimate of drug-likeness (QED) is 0.622. The minimum Gasteiger partial charge on any atom is -0.497 e. The van der Waals surface area contributed by atoms with Gasteiger partial charge in [-0.05, 0) is 18.2 Å². The first-order valence-electron chi connectivity index (χ1n) is 6.51. The summed E-state index contributed by atoms with van der Waals surface area (Å²) in [7, 11) is 4.18. The molecular weight excluding hydrogens is 316 g/mol. The van der Waals surface area contributed by atoms with E-state index in [2.05, 4.69) is 4.98 Å². The molecule has 0 fully saturated rings. The van der Waals surface area contributed by atoms with Crippen molar-refractivity contribution in [1.29, 1.82) is 0 Å². The van der Waals surface area contributed by atoms with Crippen LogP contribution in [0.3, 0.4) is 0 Å². The minimum atomic E-state index is -1.71. The van der Waals surface area contributed by atoms with Gasteiger partial charge in [0.15, 0.2) is 0 Å². The molecule has 1 aromatic carbocycles. The highest BCUT2D eigenvalue weighted by Crippen LogP contribution is 2.30. The molecule has 1 heterocycles. The van der Waals surface area contributed by atoms with E-state index in [1.807, 2.05) is 0 Å². The summed E-state index contributed by atoms with van der Waals surface area (Å²) in [4.78, 5) is 3.55. The van der Waals surface area contributed by atoms with E-state index in [4.69, 9.17) is 9.47 Å². The Morgan fingerprint density at radius 1 is 1.00 bits per heavy atom. The van der Waals surface area contributed by atoms with E-state index in [9.17, 15) is 17.6 Å².